The number of ether oxygens (including phenoxy) is 4. The minimum absolute atomic E-state index is 0.113. The molecule has 0 atom stereocenters. The molecule has 0 saturated carbocycles. The zero-order valence-corrected chi connectivity index (χ0v) is 22.1. The first kappa shape index (κ1) is 26.3. The van der Waals surface area contributed by atoms with Gasteiger partial charge in [0.15, 0.2) is 23.0 Å². The molecular formula is C26H23BrClN3O6. The van der Waals surface area contributed by atoms with Crippen molar-refractivity contribution in [3.8, 4) is 23.0 Å². The maximum absolute atomic E-state index is 12.3. The molecule has 4 rings (SSSR count). The second kappa shape index (κ2) is 12.5. The van der Waals surface area contributed by atoms with E-state index >= 15 is 0 Å². The summed E-state index contributed by atoms with van der Waals surface area (Å²) in [7, 11) is 0. The van der Waals surface area contributed by atoms with Crippen molar-refractivity contribution in [1.82, 2.24) is 10.7 Å². The quantitative estimate of drug-likeness (QED) is 0.263. The Kier molecular flexibility index (Phi) is 8.86. The van der Waals surface area contributed by atoms with Crippen molar-refractivity contribution in [3.63, 3.8) is 0 Å². The van der Waals surface area contributed by atoms with Crippen LogP contribution in [0.2, 0.25) is 5.02 Å². The molecule has 0 saturated heterocycles. The fourth-order valence-corrected chi connectivity index (χ4v) is 4.11. The van der Waals surface area contributed by atoms with Gasteiger partial charge in [0, 0.05) is 16.1 Å². The van der Waals surface area contributed by atoms with Crippen LogP contribution in [0.25, 0.3) is 0 Å². The van der Waals surface area contributed by atoms with Gasteiger partial charge in [-0.05, 0) is 64.8 Å². The van der Waals surface area contributed by atoms with Crippen LogP contribution >= 0.6 is 27.5 Å². The summed E-state index contributed by atoms with van der Waals surface area (Å²) in [5, 5.41) is 7.12. The number of halogens is 2. The molecule has 3 aromatic rings. The van der Waals surface area contributed by atoms with Crippen LogP contribution in [-0.2, 0) is 11.4 Å². The Morgan fingerprint density at radius 3 is 2.73 bits per heavy atom. The Bertz CT molecular complexity index is 1330. The Morgan fingerprint density at radius 1 is 1.11 bits per heavy atom. The highest BCUT2D eigenvalue weighted by molar-refractivity contribution is 9.10. The average molecular weight is 589 g/mol. The van der Waals surface area contributed by atoms with E-state index < -0.39 is 11.8 Å². The van der Waals surface area contributed by atoms with E-state index in [0.29, 0.717) is 50.2 Å². The highest BCUT2D eigenvalue weighted by Gasteiger charge is 2.17. The first-order valence-electron chi connectivity index (χ1n) is 11.3. The van der Waals surface area contributed by atoms with Crippen molar-refractivity contribution in [2.45, 2.75) is 13.5 Å². The fourth-order valence-electron chi connectivity index (χ4n) is 3.35. The number of hydrogen-bond acceptors (Lipinski definition) is 7. The van der Waals surface area contributed by atoms with Crippen LogP contribution in [0.5, 0.6) is 23.0 Å². The summed E-state index contributed by atoms with van der Waals surface area (Å²) in [6.07, 6.45) is 1.46. The third-order valence-electron chi connectivity index (χ3n) is 5.11. The zero-order chi connectivity index (χ0) is 26.2. The SMILES string of the molecule is CCOc1cc(C=NNC(=O)CNC(=O)c2ccc3c(c2)OCO3)cc(Br)c1OCc1ccccc1Cl. The number of amides is 2. The second-order valence-electron chi connectivity index (χ2n) is 7.69. The molecule has 0 aliphatic carbocycles. The van der Waals surface area contributed by atoms with Crippen LogP contribution in [0, 0.1) is 0 Å². The van der Waals surface area contributed by atoms with E-state index in [-0.39, 0.29) is 19.9 Å². The van der Waals surface area contributed by atoms with E-state index in [1.165, 1.54) is 6.21 Å². The van der Waals surface area contributed by atoms with Crippen LogP contribution in [0.3, 0.4) is 0 Å². The van der Waals surface area contributed by atoms with E-state index in [0.717, 1.165) is 5.56 Å². The van der Waals surface area contributed by atoms with Gasteiger partial charge in [0.05, 0.1) is 23.8 Å². The Balaban J connectivity index is 1.33. The van der Waals surface area contributed by atoms with Crippen molar-refractivity contribution >= 4 is 45.6 Å². The largest absolute Gasteiger partial charge is 0.490 e. The van der Waals surface area contributed by atoms with Gasteiger partial charge in [-0.2, -0.15) is 5.10 Å². The van der Waals surface area contributed by atoms with E-state index in [1.54, 1.807) is 36.4 Å². The number of hydrogen-bond donors (Lipinski definition) is 2. The summed E-state index contributed by atoms with van der Waals surface area (Å²) in [6, 6.07) is 15.7. The van der Waals surface area contributed by atoms with Crippen LogP contribution in [0.4, 0.5) is 0 Å². The van der Waals surface area contributed by atoms with Crippen molar-refractivity contribution in [2.75, 3.05) is 19.9 Å². The van der Waals surface area contributed by atoms with Crippen LogP contribution in [0.15, 0.2) is 64.2 Å². The zero-order valence-electron chi connectivity index (χ0n) is 19.8. The summed E-state index contributed by atoms with van der Waals surface area (Å²) in [5.74, 6) is 1.17. The van der Waals surface area contributed by atoms with E-state index in [2.05, 4.69) is 31.8 Å². The highest BCUT2D eigenvalue weighted by Crippen LogP contribution is 2.37. The molecule has 0 unspecified atom stereocenters. The van der Waals surface area contributed by atoms with Gasteiger partial charge in [-0.1, -0.05) is 29.8 Å². The van der Waals surface area contributed by atoms with Gasteiger partial charge in [0.1, 0.15) is 6.61 Å². The van der Waals surface area contributed by atoms with E-state index in [9.17, 15) is 9.59 Å². The van der Waals surface area contributed by atoms with Gasteiger partial charge in [0.25, 0.3) is 11.8 Å². The highest BCUT2D eigenvalue weighted by atomic mass is 79.9. The molecule has 37 heavy (non-hydrogen) atoms. The molecular weight excluding hydrogens is 566 g/mol. The molecule has 2 N–H and O–H groups in total. The topological polar surface area (TPSA) is 107 Å². The number of carbonyl (C=O) groups is 2. The van der Waals surface area contributed by atoms with Crippen LogP contribution in [0.1, 0.15) is 28.4 Å². The van der Waals surface area contributed by atoms with Gasteiger partial charge in [0.2, 0.25) is 6.79 Å². The lowest BCUT2D eigenvalue weighted by atomic mass is 10.2. The molecule has 0 spiro atoms. The van der Waals surface area contributed by atoms with Gasteiger partial charge in [-0.15, -0.1) is 0 Å². The summed E-state index contributed by atoms with van der Waals surface area (Å²) >= 11 is 9.73. The number of hydrazone groups is 1. The van der Waals surface area contributed by atoms with Crippen LogP contribution in [-0.4, -0.2) is 38.0 Å². The molecule has 0 radical (unpaired) electrons. The van der Waals surface area contributed by atoms with Crippen molar-refractivity contribution < 1.29 is 28.5 Å². The van der Waals surface area contributed by atoms with Gasteiger partial charge in [-0.25, -0.2) is 5.43 Å². The normalized spacial score (nSPS) is 11.9. The molecule has 3 aromatic carbocycles. The minimum atomic E-state index is -0.492. The lowest BCUT2D eigenvalue weighted by molar-refractivity contribution is -0.120. The van der Waals surface area contributed by atoms with E-state index in [1.807, 2.05) is 25.1 Å². The summed E-state index contributed by atoms with van der Waals surface area (Å²) in [4.78, 5) is 24.5. The maximum Gasteiger partial charge on any atom is 0.259 e. The minimum Gasteiger partial charge on any atom is -0.490 e. The number of rotatable bonds is 10. The third kappa shape index (κ3) is 6.93. The number of nitrogens with zero attached hydrogens (tertiary/aromatic N) is 1. The predicted molar refractivity (Wildman–Crippen MR) is 142 cm³/mol. The smallest absolute Gasteiger partial charge is 0.259 e. The van der Waals surface area contributed by atoms with E-state index in [4.69, 9.17) is 30.5 Å². The van der Waals surface area contributed by atoms with Crippen molar-refractivity contribution in [1.29, 1.82) is 0 Å². The van der Waals surface area contributed by atoms with Crippen molar-refractivity contribution in [3.05, 3.63) is 80.8 Å². The molecule has 1 aliphatic rings. The standard InChI is InChI=1S/C26H23BrClN3O6/c1-2-34-23-10-16(9-19(27)25(23)35-14-18-5-3-4-6-20(18)28)12-30-31-24(32)13-29-26(33)17-7-8-21-22(11-17)37-15-36-21/h3-12H,2,13-15H2,1H3,(H,29,33)(H,31,32). The Labute approximate surface area is 226 Å². The third-order valence-corrected chi connectivity index (χ3v) is 6.07. The first-order valence-corrected chi connectivity index (χ1v) is 12.4. The molecule has 11 heteroatoms. The molecule has 1 heterocycles. The predicted octanol–water partition coefficient (Wildman–Crippen LogP) is 4.69. The monoisotopic (exact) mass is 587 g/mol. The number of fused-ring (bicyclic) bond motifs is 1. The summed E-state index contributed by atoms with van der Waals surface area (Å²) in [6.45, 7) is 2.41. The lowest BCUT2D eigenvalue weighted by Gasteiger charge is -2.15. The molecule has 0 fully saturated rings. The summed E-state index contributed by atoms with van der Waals surface area (Å²) < 4.78 is 22.8. The molecule has 0 bridgehead atoms. The maximum atomic E-state index is 12.3. The first-order chi connectivity index (χ1) is 17.9. The van der Waals surface area contributed by atoms with Crippen molar-refractivity contribution in [2.24, 2.45) is 5.10 Å². The summed E-state index contributed by atoms with van der Waals surface area (Å²) in [5.41, 5.74) is 4.24. The number of benzene rings is 3. The lowest BCUT2D eigenvalue weighted by Crippen LogP contribution is -2.34. The average Bonchev–Trinajstić information content (AvgIpc) is 3.36. The van der Waals surface area contributed by atoms with Gasteiger partial charge < -0.3 is 24.3 Å². The molecule has 2 amide bonds. The van der Waals surface area contributed by atoms with Gasteiger partial charge in [-0.3, -0.25) is 9.59 Å². The van der Waals surface area contributed by atoms with Crippen LogP contribution < -0.4 is 29.7 Å². The second-order valence-corrected chi connectivity index (χ2v) is 8.95. The Morgan fingerprint density at radius 2 is 1.92 bits per heavy atom. The Hall–Kier alpha value is -3.76. The molecule has 9 nitrogen and oxygen atoms in total. The molecule has 192 valence electrons. The molecule has 0 aromatic heterocycles. The molecule has 1 aliphatic heterocycles. The number of nitrogens with one attached hydrogen (secondary N) is 2. The number of carbonyl (C=O) groups excluding carboxylic acids is 2. The fraction of sp³-hybridized carbons (Fsp3) is 0.192. The van der Waals surface area contributed by atoms with Gasteiger partial charge >= 0.3 is 0 Å².